The molecule has 1 saturated carbocycles. The Hall–Kier alpha value is -1.85. The third-order valence-corrected chi connectivity index (χ3v) is 5.42. The van der Waals surface area contributed by atoms with Crippen LogP contribution in [0, 0.1) is 0 Å². The van der Waals surface area contributed by atoms with E-state index < -0.39 is 5.41 Å². The molecule has 0 aliphatic heterocycles. The first kappa shape index (κ1) is 18.0. The Bertz CT molecular complexity index is 817. The van der Waals surface area contributed by atoms with E-state index in [1.165, 1.54) is 6.92 Å². The van der Waals surface area contributed by atoms with Gasteiger partial charge in [-0.15, -0.1) is 0 Å². The molecule has 0 saturated heterocycles. The lowest BCUT2D eigenvalue weighted by Gasteiger charge is -2.40. The number of carbonyl (C=O) groups is 2. The molecule has 0 spiro atoms. The number of rotatable bonds is 4. The molecule has 1 fully saturated rings. The maximum absolute atomic E-state index is 13.0. The molecule has 1 aliphatic rings. The van der Waals surface area contributed by atoms with Gasteiger partial charge in [0.15, 0.2) is 0 Å². The smallest absolute Gasteiger partial charge is 0.235 e. The lowest BCUT2D eigenvalue weighted by molar-refractivity contribution is -0.124. The zero-order valence-electron chi connectivity index (χ0n) is 13.7. The van der Waals surface area contributed by atoms with Crippen LogP contribution in [0.1, 0.15) is 31.7 Å². The molecule has 0 bridgehead atoms. The van der Waals surface area contributed by atoms with Crippen LogP contribution in [0.15, 0.2) is 46.9 Å². The topological polar surface area (TPSA) is 58.2 Å². The summed E-state index contributed by atoms with van der Waals surface area (Å²) in [5.41, 5.74) is 1.66. The zero-order chi connectivity index (χ0) is 18.0. The fourth-order valence-electron chi connectivity index (χ4n) is 3.09. The molecule has 1 aliphatic carbocycles. The van der Waals surface area contributed by atoms with Crippen molar-refractivity contribution in [3.63, 3.8) is 0 Å². The molecule has 2 aromatic rings. The standard InChI is InChI=1S/C19H18BrClN2O2/c1-12(24)22-15-7-8-17(16(21)11-15)23-18(25)19(9-2-10-19)13-3-5-14(20)6-4-13/h3-8,11H,2,9-10H2,1H3,(H,22,24)(H,23,25). The lowest BCUT2D eigenvalue weighted by Crippen LogP contribution is -2.46. The van der Waals surface area contributed by atoms with E-state index in [-0.39, 0.29) is 11.8 Å². The van der Waals surface area contributed by atoms with Gasteiger partial charge in [-0.05, 0) is 48.7 Å². The Kier molecular flexibility index (Phi) is 5.16. The van der Waals surface area contributed by atoms with Crippen LogP contribution in [0.4, 0.5) is 11.4 Å². The second-order valence-electron chi connectivity index (χ2n) is 6.27. The Morgan fingerprint density at radius 3 is 2.28 bits per heavy atom. The number of hydrogen-bond donors (Lipinski definition) is 2. The molecule has 0 unspecified atom stereocenters. The molecule has 0 aromatic heterocycles. The first-order chi connectivity index (χ1) is 11.9. The molecule has 2 N–H and O–H groups in total. The summed E-state index contributed by atoms with van der Waals surface area (Å²) in [5.74, 6) is -0.216. The largest absolute Gasteiger partial charge is 0.326 e. The van der Waals surface area contributed by atoms with Crippen LogP contribution in [0.5, 0.6) is 0 Å². The van der Waals surface area contributed by atoms with Crippen molar-refractivity contribution in [1.29, 1.82) is 0 Å². The summed E-state index contributed by atoms with van der Waals surface area (Å²) in [4.78, 5) is 24.1. The average molecular weight is 422 g/mol. The molecule has 6 heteroatoms. The van der Waals surface area contributed by atoms with Gasteiger partial charge in [0.2, 0.25) is 11.8 Å². The van der Waals surface area contributed by atoms with Crippen LogP contribution in [0.2, 0.25) is 5.02 Å². The highest BCUT2D eigenvalue weighted by molar-refractivity contribution is 9.10. The molecule has 0 radical (unpaired) electrons. The Labute approximate surface area is 160 Å². The van der Waals surface area contributed by atoms with Gasteiger partial charge in [-0.2, -0.15) is 0 Å². The molecule has 2 amide bonds. The summed E-state index contributed by atoms with van der Waals surface area (Å²) < 4.78 is 0.989. The maximum Gasteiger partial charge on any atom is 0.235 e. The van der Waals surface area contributed by atoms with Crippen molar-refractivity contribution in [1.82, 2.24) is 0 Å². The number of halogens is 2. The SMILES string of the molecule is CC(=O)Nc1ccc(NC(=O)C2(c3ccc(Br)cc3)CCC2)c(Cl)c1. The third kappa shape index (κ3) is 3.72. The summed E-state index contributed by atoms with van der Waals surface area (Å²) >= 11 is 9.69. The summed E-state index contributed by atoms with van der Waals surface area (Å²) in [6.45, 7) is 1.43. The summed E-state index contributed by atoms with van der Waals surface area (Å²) in [5, 5.41) is 6.01. The second kappa shape index (κ2) is 7.18. The highest BCUT2D eigenvalue weighted by Crippen LogP contribution is 2.45. The zero-order valence-corrected chi connectivity index (χ0v) is 16.1. The summed E-state index contributed by atoms with van der Waals surface area (Å²) in [6.07, 6.45) is 2.67. The van der Waals surface area contributed by atoms with E-state index in [2.05, 4.69) is 26.6 Å². The monoisotopic (exact) mass is 420 g/mol. The van der Waals surface area contributed by atoms with Gasteiger partial charge < -0.3 is 10.6 Å². The van der Waals surface area contributed by atoms with Crippen LogP contribution in [-0.4, -0.2) is 11.8 Å². The highest BCUT2D eigenvalue weighted by Gasteiger charge is 2.45. The van der Waals surface area contributed by atoms with E-state index in [1.54, 1.807) is 18.2 Å². The number of hydrogen-bond acceptors (Lipinski definition) is 2. The van der Waals surface area contributed by atoms with Gasteiger partial charge in [0, 0.05) is 17.1 Å². The molecular formula is C19H18BrClN2O2. The minimum Gasteiger partial charge on any atom is -0.326 e. The van der Waals surface area contributed by atoms with Crippen LogP contribution in [-0.2, 0) is 15.0 Å². The normalized spacial score (nSPS) is 15.2. The molecule has 0 atom stereocenters. The van der Waals surface area contributed by atoms with Crippen molar-refractivity contribution in [2.75, 3.05) is 10.6 Å². The number of benzene rings is 2. The minimum absolute atomic E-state index is 0.0461. The summed E-state index contributed by atoms with van der Waals surface area (Å²) in [6, 6.07) is 12.9. The van der Waals surface area contributed by atoms with Crippen LogP contribution >= 0.6 is 27.5 Å². The maximum atomic E-state index is 13.0. The van der Waals surface area contributed by atoms with Crippen molar-refractivity contribution in [3.05, 3.63) is 57.5 Å². The van der Waals surface area contributed by atoms with Gasteiger partial charge in [0.05, 0.1) is 16.1 Å². The van der Waals surface area contributed by atoms with Gasteiger partial charge >= 0.3 is 0 Å². The van der Waals surface area contributed by atoms with Crippen LogP contribution in [0.25, 0.3) is 0 Å². The van der Waals surface area contributed by atoms with E-state index in [0.717, 1.165) is 29.3 Å². The van der Waals surface area contributed by atoms with Crippen molar-refractivity contribution in [3.8, 4) is 0 Å². The van der Waals surface area contributed by atoms with E-state index in [0.29, 0.717) is 16.4 Å². The number of anilines is 2. The molecular weight excluding hydrogens is 404 g/mol. The number of nitrogens with one attached hydrogen (secondary N) is 2. The Morgan fingerprint density at radius 1 is 1.08 bits per heavy atom. The van der Waals surface area contributed by atoms with Gasteiger partial charge in [0.25, 0.3) is 0 Å². The quantitative estimate of drug-likeness (QED) is 0.720. The van der Waals surface area contributed by atoms with Crippen LogP contribution < -0.4 is 10.6 Å². The third-order valence-electron chi connectivity index (χ3n) is 4.58. The predicted molar refractivity (Wildman–Crippen MR) is 104 cm³/mol. The van der Waals surface area contributed by atoms with Crippen LogP contribution in [0.3, 0.4) is 0 Å². The Balaban J connectivity index is 1.81. The van der Waals surface area contributed by atoms with Crippen molar-refractivity contribution >= 4 is 50.7 Å². The highest BCUT2D eigenvalue weighted by atomic mass is 79.9. The fraction of sp³-hybridized carbons (Fsp3) is 0.263. The first-order valence-corrected chi connectivity index (χ1v) is 9.22. The molecule has 25 heavy (non-hydrogen) atoms. The molecule has 3 rings (SSSR count). The van der Waals surface area contributed by atoms with Gasteiger partial charge in [-0.25, -0.2) is 0 Å². The predicted octanol–water partition coefficient (Wildman–Crippen LogP) is 5.12. The van der Waals surface area contributed by atoms with Crippen molar-refractivity contribution in [2.24, 2.45) is 0 Å². The van der Waals surface area contributed by atoms with Crippen molar-refractivity contribution in [2.45, 2.75) is 31.6 Å². The first-order valence-electron chi connectivity index (χ1n) is 8.05. The molecule has 2 aromatic carbocycles. The average Bonchev–Trinajstić information content (AvgIpc) is 2.50. The molecule has 4 nitrogen and oxygen atoms in total. The Morgan fingerprint density at radius 2 is 1.76 bits per heavy atom. The van der Waals surface area contributed by atoms with Gasteiger partial charge in [0.1, 0.15) is 0 Å². The van der Waals surface area contributed by atoms with Gasteiger partial charge in [-0.1, -0.05) is 46.1 Å². The summed E-state index contributed by atoms with van der Waals surface area (Å²) in [7, 11) is 0. The lowest BCUT2D eigenvalue weighted by atomic mass is 9.64. The van der Waals surface area contributed by atoms with Gasteiger partial charge in [-0.3, -0.25) is 9.59 Å². The molecule has 0 heterocycles. The van der Waals surface area contributed by atoms with E-state index in [1.807, 2.05) is 24.3 Å². The van der Waals surface area contributed by atoms with Crippen molar-refractivity contribution < 1.29 is 9.59 Å². The minimum atomic E-state index is -0.500. The van der Waals surface area contributed by atoms with E-state index in [4.69, 9.17) is 11.6 Å². The van der Waals surface area contributed by atoms with E-state index >= 15 is 0 Å². The second-order valence-corrected chi connectivity index (χ2v) is 7.60. The number of carbonyl (C=O) groups excluding carboxylic acids is 2. The van der Waals surface area contributed by atoms with E-state index in [9.17, 15) is 9.59 Å². The number of amides is 2. The molecule has 130 valence electrons. The fourth-order valence-corrected chi connectivity index (χ4v) is 3.58.